The van der Waals surface area contributed by atoms with E-state index in [1.165, 1.54) is 11.8 Å². The molecule has 3 rings (SSSR count). The molecule has 182 valence electrons. The number of thioether (sulfide) groups is 1. The van der Waals surface area contributed by atoms with E-state index in [-0.39, 0.29) is 12.5 Å². The molecular formula is C24H21F6NO2S. The van der Waals surface area contributed by atoms with E-state index in [2.05, 4.69) is 4.98 Å². The normalized spacial score (nSPS) is 12.2. The summed E-state index contributed by atoms with van der Waals surface area (Å²) in [6, 6.07) is 8.55. The Labute approximate surface area is 196 Å². The summed E-state index contributed by atoms with van der Waals surface area (Å²) in [5, 5.41) is 1.45. The lowest BCUT2D eigenvalue weighted by Gasteiger charge is -2.15. The number of esters is 1. The average molecular weight is 501 g/mol. The molecule has 3 nitrogen and oxygen atoms in total. The van der Waals surface area contributed by atoms with Crippen LogP contribution in [0.3, 0.4) is 0 Å². The van der Waals surface area contributed by atoms with Crippen molar-refractivity contribution in [3.8, 4) is 0 Å². The SMILES string of the molecule is CCCSc1nc2c(C)cccc2cc1CC(=O)OCc1cc(C(F)(F)F)cc(C(F)(F)F)c1. The van der Waals surface area contributed by atoms with E-state index in [0.717, 1.165) is 28.6 Å². The van der Waals surface area contributed by atoms with Gasteiger partial charge in [-0.2, -0.15) is 26.3 Å². The number of para-hydroxylation sites is 1. The van der Waals surface area contributed by atoms with Crippen molar-refractivity contribution in [2.45, 2.75) is 50.7 Å². The first-order valence-electron chi connectivity index (χ1n) is 10.3. The second kappa shape index (κ2) is 10.2. The Bertz CT molecular complexity index is 1160. The fourth-order valence-corrected chi connectivity index (χ4v) is 4.17. The van der Waals surface area contributed by atoms with Gasteiger partial charge in [-0.1, -0.05) is 25.1 Å². The van der Waals surface area contributed by atoms with Crippen LogP contribution < -0.4 is 0 Å². The minimum atomic E-state index is -4.97. The minimum Gasteiger partial charge on any atom is -0.461 e. The maximum absolute atomic E-state index is 13.0. The Morgan fingerprint density at radius 1 is 1.00 bits per heavy atom. The van der Waals surface area contributed by atoms with Crippen LogP contribution in [0.2, 0.25) is 0 Å². The van der Waals surface area contributed by atoms with Gasteiger partial charge in [-0.25, -0.2) is 4.98 Å². The highest BCUT2D eigenvalue weighted by atomic mass is 32.2. The average Bonchev–Trinajstić information content (AvgIpc) is 2.75. The van der Waals surface area contributed by atoms with Crippen molar-refractivity contribution in [1.29, 1.82) is 0 Å². The van der Waals surface area contributed by atoms with E-state index < -0.39 is 41.6 Å². The molecular weight excluding hydrogens is 480 g/mol. The predicted octanol–water partition coefficient (Wildman–Crippen LogP) is 7.37. The highest BCUT2D eigenvalue weighted by Gasteiger charge is 2.37. The van der Waals surface area contributed by atoms with Crippen molar-refractivity contribution in [3.63, 3.8) is 0 Å². The highest BCUT2D eigenvalue weighted by Crippen LogP contribution is 2.36. The topological polar surface area (TPSA) is 39.2 Å². The molecule has 3 aromatic rings. The number of hydrogen-bond acceptors (Lipinski definition) is 4. The molecule has 2 aromatic carbocycles. The van der Waals surface area contributed by atoms with Crippen molar-refractivity contribution >= 4 is 28.6 Å². The quantitative estimate of drug-likeness (QED) is 0.193. The first-order chi connectivity index (χ1) is 15.9. The molecule has 0 bridgehead atoms. The number of alkyl halides is 6. The van der Waals surface area contributed by atoms with Crippen LogP contribution in [0.5, 0.6) is 0 Å². The van der Waals surface area contributed by atoms with Gasteiger partial charge in [-0.3, -0.25) is 4.79 Å². The Hall–Kier alpha value is -2.75. The summed E-state index contributed by atoms with van der Waals surface area (Å²) < 4.78 is 83.3. The van der Waals surface area contributed by atoms with Crippen LogP contribution in [0.1, 0.15) is 41.2 Å². The number of aryl methyl sites for hydroxylation is 1. The monoisotopic (exact) mass is 501 g/mol. The van der Waals surface area contributed by atoms with Crippen molar-refractivity contribution in [3.05, 3.63) is 70.3 Å². The second-order valence-corrected chi connectivity index (χ2v) is 8.78. The van der Waals surface area contributed by atoms with E-state index in [9.17, 15) is 31.1 Å². The van der Waals surface area contributed by atoms with Crippen LogP contribution in [-0.4, -0.2) is 16.7 Å². The van der Waals surface area contributed by atoms with Crippen molar-refractivity contribution in [2.75, 3.05) is 5.75 Å². The molecule has 0 unspecified atom stereocenters. The van der Waals surface area contributed by atoms with Gasteiger partial charge in [-0.05, 0) is 60.1 Å². The molecule has 0 fully saturated rings. The number of halogens is 6. The molecule has 0 radical (unpaired) electrons. The van der Waals surface area contributed by atoms with Crippen LogP contribution in [0.25, 0.3) is 10.9 Å². The van der Waals surface area contributed by atoms with Gasteiger partial charge >= 0.3 is 18.3 Å². The third-order valence-corrected chi connectivity index (χ3v) is 6.15. The molecule has 0 atom stereocenters. The van der Waals surface area contributed by atoms with E-state index in [1.807, 2.05) is 32.0 Å². The number of rotatable bonds is 7. The molecule has 0 N–H and O–H groups in total. The maximum atomic E-state index is 13.0. The fourth-order valence-electron chi connectivity index (χ4n) is 3.30. The van der Waals surface area contributed by atoms with E-state index >= 15 is 0 Å². The number of carbonyl (C=O) groups is 1. The molecule has 0 amide bonds. The van der Waals surface area contributed by atoms with Gasteiger partial charge in [-0.15, -0.1) is 11.8 Å². The molecule has 10 heteroatoms. The van der Waals surface area contributed by atoms with Crippen LogP contribution >= 0.6 is 11.8 Å². The Balaban J connectivity index is 1.82. The number of aromatic nitrogens is 1. The predicted molar refractivity (Wildman–Crippen MR) is 117 cm³/mol. The largest absolute Gasteiger partial charge is 0.461 e. The Morgan fingerprint density at radius 3 is 2.24 bits per heavy atom. The standard InChI is InChI=1S/C24H21F6NO2S/c1-3-7-34-22-17(10-16-6-4-5-14(2)21(16)31-22)11-20(32)33-13-15-8-18(23(25,26)27)12-19(9-15)24(28,29)30/h4-6,8-10,12H,3,7,11,13H2,1-2H3. The smallest absolute Gasteiger partial charge is 0.416 e. The molecule has 0 aliphatic rings. The second-order valence-electron chi connectivity index (χ2n) is 7.70. The number of hydrogen-bond donors (Lipinski definition) is 0. The third kappa shape index (κ3) is 6.43. The van der Waals surface area contributed by atoms with Crippen molar-refractivity contribution < 1.29 is 35.9 Å². The number of benzene rings is 2. The van der Waals surface area contributed by atoms with Crippen LogP contribution in [0.15, 0.2) is 47.5 Å². The molecule has 0 saturated carbocycles. The number of fused-ring (bicyclic) bond motifs is 1. The molecule has 0 saturated heterocycles. The van der Waals surface area contributed by atoms with Crippen LogP contribution in [0, 0.1) is 6.92 Å². The van der Waals surface area contributed by atoms with Gasteiger partial charge in [0.25, 0.3) is 0 Å². The molecule has 1 heterocycles. The third-order valence-electron chi connectivity index (χ3n) is 4.91. The summed E-state index contributed by atoms with van der Waals surface area (Å²) in [4.78, 5) is 17.1. The van der Waals surface area contributed by atoms with Gasteiger partial charge < -0.3 is 4.74 Å². The van der Waals surface area contributed by atoms with Gasteiger partial charge in [0.1, 0.15) is 11.6 Å². The number of carbonyl (C=O) groups excluding carboxylic acids is 1. The Morgan fingerprint density at radius 2 is 1.65 bits per heavy atom. The summed E-state index contributed by atoms with van der Waals surface area (Å²) in [5.41, 5.74) is -0.969. The lowest BCUT2D eigenvalue weighted by molar-refractivity contribution is -0.144. The van der Waals surface area contributed by atoms with Crippen molar-refractivity contribution in [1.82, 2.24) is 4.98 Å². The molecule has 0 aliphatic heterocycles. The molecule has 0 spiro atoms. The lowest BCUT2D eigenvalue weighted by Crippen LogP contribution is -2.13. The number of nitrogens with zero attached hydrogens (tertiary/aromatic N) is 1. The summed E-state index contributed by atoms with van der Waals surface area (Å²) in [6.45, 7) is 3.20. The zero-order chi connectivity index (χ0) is 25.1. The van der Waals surface area contributed by atoms with E-state index in [4.69, 9.17) is 4.74 Å². The zero-order valence-electron chi connectivity index (χ0n) is 18.3. The summed E-state index contributed by atoms with van der Waals surface area (Å²) in [5.74, 6) is -0.0187. The van der Waals surface area contributed by atoms with Gasteiger partial charge in [0.2, 0.25) is 0 Å². The first-order valence-corrected chi connectivity index (χ1v) is 11.3. The van der Waals surface area contributed by atoms with Crippen molar-refractivity contribution in [2.24, 2.45) is 0 Å². The van der Waals surface area contributed by atoms with E-state index in [0.29, 0.717) is 22.7 Å². The maximum Gasteiger partial charge on any atom is 0.416 e. The first kappa shape index (κ1) is 25.9. The van der Waals surface area contributed by atoms with E-state index in [1.54, 1.807) is 6.07 Å². The van der Waals surface area contributed by atoms with Crippen LogP contribution in [-0.2, 0) is 34.9 Å². The molecule has 34 heavy (non-hydrogen) atoms. The lowest BCUT2D eigenvalue weighted by atomic mass is 10.1. The number of ether oxygens (including phenoxy) is 1. The summed E-state index contributed by atoms with van der Waals surface area (Å²) >= 11 is 1.47. The zero-order valence-corrected chi connectivity index (χ0v) is 19.1. The Kier molecular flexibility index (Phi) is 7.80. The molecule has 1 aromatic heterocycles. The summed E-state index contributed by atoms with van der Waals surface area (Å²) in [6.07, 6.45) is -9.28. The highest BCUT2D eigenvalue weighted by molar-refractivity contribution is 7.99. The van der Waals surface area contributed by atoms with Gasteiger partial charge in [0.15, 0.2) is 0 Å². The van der Waals surface area contributed by atoms with Crippen LogP contribution in [0.4, 0.5) is 26.3 Å². The fraction of sp³-hybridized carbons (Fsp3) is 0.333. The number of pyridine rings is 1. The van der Waals surface area contributed by atoms with Gasteiger partial charge in [0, 0.05) is 5.39 Å². The summed E-state index contributed by atoms with van der Waals surface area (Å²) in [7, 11) is 0. The molecule has 0 aliphatic carbocycles. The van der Waals surface area contributed by atoms with Gasteiger partial charge in [0.05, 0.1) is 23.1 Å². The minimum absolute atomic E-state index is 0.0330.